The van der Waals surface area contributed by atoms with Crippen molar-refractivity contribution < 1.29 is 4.79 Å². The van der Waals surface area contributed by atoms with E-state index in [1.165, 1.54) is 17.3 Å². The summed E-state index contributed by atoms with van der Waals surface area (Å²) in [5.41, 5.74) is 3.87. The van der Waals surface area contributed by atoms with Gasteiger partial charge in [-0.1, -0.05) is 59.8 Å². The Hall–Kier alpha value is -2.31. The molecule has 7 heteroatoms. The first-order valence-electron chi connectivity index (χ1n) is 9.13. The second-order valence-electron chi connectivity index (χ2n) is 6.58. The van der Waals surface area contributed by atoms with Gasteiger partial charge in [-0.15, -0.1) is 10.2 Å². The van der Waals surface area contributed by atoms with Crippen LogP contribution in [0.1, 0.15) is 29.4 Å². The quantitative estimate of drug-likeness (QED) is 0.559. The van der Waals surface area contributed by atoms with Crippen LogP contribution >= 0.6 is 23.4 Å². The molecule has 0 fully saturated rings. The van der Waals surface area contributed by atoms with Gasteiger partial charge in [0, 0.05) is 13.0 Å². The molecule has 3 rings (SSSR count). The third-order valence-corrected chi connectivity index (χ3v) is 5.61. The smallest absolute Gasteiger partial charge is 0.234 e. The number of carbonyl (C=O) groups is 1. The van der Waals surface area contributed by atoms with Gasteiger partial charge < -0.3 is 9.88 Å². The zero-order chi connectivity index (χ0) is 20.1. The van der Waals surface area contributed by atoms with E-state index < -0.39 is 0 Å². The highest BCUT2D eigenvalue weighted by Crippen LogP contribution is 2.28. The van der Waals surface area contributed by atoms with Crippen molar-refractivity contribution in [3.63, 3.8) is 0 Å². The Morgan fingerprint density at radius 3 is 2.61 bits per heavy atom. The maximum Gasteiger partial charge on any atom is 0.234 e. The van der Waals surface area contributed by atoms with Gasteiger partial charge in [-0.2, -0.15) is 0 Å². The third kappa shape index (κ3) is 4.94. The molecule has 0 aliphatic heterocycles. The molecule has 1 heterocycles. The molecular weight excluding hydrogens is 392 g/mol. The standard InChI is InChI=1S/C21H23ClN4OS/c1-4-26-18(12-16-8-6-5-7-9-16)24-25-21(26)28-13-19(27)23-20-15(3)10-14(2)11-17(20)22/h5-11H,4,12-13H2,1-3H3,(H,23,27). The molecule has 146 valence electrons. The van der Waals surface area contributed by atoms with E-state index in [2.05, 4.69) is 39.1 Å². The number of hydrogen-bond donors (Lipinski definition) is 1. The molecule has 1 amide bonds. The van der Waals surface area contributed by atoms with Crippen LogP contribution in [0.5, 0.6) is 0 Å². The number of nitrogens with one attached hydrogen (secondary N) is 1. The van der Waals surface area contributed by atoms with E-state index >= 15 is 0 Å². The second kappa shape index (κ2) is 9.26. The topological polar surface area (TPSA) is 59.8 Å². The first kappa shape index (κ1) is 20.4. The minimum absolute atomic E-state index is 0.117. The second-order valence-corrected chi connectivity index (χ2v) is 7.93. The maximum absolute atomic E-state index is 12.4. The Morgan fingerprint density at radius 2 is 1.93 bits per heavy atom. The predicted octanol–water partition coefficient (Wildman–Crippen LogP) is 4.89. The SMILES string of the molecule is CCn1c(Cc2ccccc2)nnc1SCC(=O)Nc1c(C)cc(C)cc1Cl. The molecule has 3 aromatic rings. The molecule has 0 atom stereocenters. The molecule has 1 N–H and O–H groups in total. The highest BCUT2D eigenvalue weighted by atomic mass is 35.5. The molecule has 0 aliphatic rings. The number of rotatable bonds is 7. The summed E-state index contributed by atoms with van der Waals surface area (Å²) in [6, 6.07) is 14.0. The van der Waals surface area contributed by atoms with Gasteiger partial charge in [-0.3, -0.25) is 4.79 Å². The lowest BCUT2D eigenvalue weighted by molar-refractivity contribution is -0.113. The normalized spacial score (nSPS) is 10.9. The summed E-state index contributed by atoms with van der Waals surface area (Å²) in [5, 5.41) is 12.8. The van der Waals surface area contributed by atoms with Crippen molar-refractivity contribution in [3.8, 4) is 0 Å². The highest BCUT2D eigenvalue weighted by molar-refractivity contribution is 7.99. The third-order valence-electron chi connectivity index (χ3n) is 4.34. The summed E-state index contributed by atoms with van der Waals surface area (Å²) in [6.07, 6.45) is 0.715. The molecule has 28 heavy (non-hydrogen) atoms. The zero-order valence-electron chi connectivity index (χ0n) is 16.2. The van der Waals surface area contributed by atoms with Gasteiger partial charge in [0.2, 0.25) is 5.91 Å². The number of amides is 1. The fourth-order valence-corrected chi connectivity index (χ4v) is 4.22. The van der Waals surface area contributed by atoms with Crippen molar-refractivity contribution in [2.45, 2.75) is 38.9 Å². The molecule has 0 spiro atoms. The summed E-state index contributed by atoms with van der Waals surface area (Å²) in [5.74, 6) is 1.02. The molecule has 2 aromatic carbocycles. The van der Waals surface area contributed by atoms with Crippen LogP contribution in [0.15, 0.2) is 47.6 Å². The molecular formula is C21H23ClN4OS. The van der Waals surface area contributed by atoms with E-state index in [1.54, 1.807) is 0 Å². The van der Waals surface area contributed by atoms with Gasteiger partial charge in [-0.25, -0.2) is 0 Å². The molecule has 0 unspecified atom stereocenters. The first-order chi connectivity index (χ1) is 13.5. The fourth-order valence-electron chi connectivity index (χ4n) is 3.03. The van der Waals surface area contributed by atoms with Crippen LogP contribution in [0, 0.1) is 13.8 Å². The summed E-state index contributed by atoms with van der Waals surface area (Å²) in [6.45, 7) is 6.72. The lowest BCUT2D eigenvalue weighted by atomic mass is 10.1. The minimum Gasteiger partial charge on any atom is -0.324 e. The fraction of sp³-hybridized carbons (Fsp3) is 0.286. The van der Waals surface area contributed by atoms with Gasteiger partial charge in [0.25, 0.3) is 0 Å². The average molecular weight is 415 g/mol. The van der Waals surface area contributed by atoms with Crippen LogP contribution in [-0.4, -0.2) is 26.4 Å². The van der Waals surface area contributed by atoms with Crippen molar-refractivity contribution in [1.29, 1.82) is 0 Å². The number of nitrogens with zero attached hydrogens (tertiary/aromatic N) is 3. The van der Waals surface area contributed by atoms with Crippen molar-refractivity contribution >= 4 is 35.0 Å². The molecule has 1 aromatic heterocycles. The first-order valence-corrected chi connectivity index (χ1v) is 10.5. The van der Waals surface area contributed by atoms with Gasteiger partial charge in [0.15, 0.2) is 5.16 Å². The van der Waals surface area contributed by atoms with E-state index in [0.717, 1.165) is 28.7 Å². The van der Waals surface area contributed by atoms with Crippen LogP contribution in [0.2, 0.25) is 5.02 Å². The van der Waals surface area contributed by atoms with E-state index in [1.807, 2.05) is 44.2 Å². The molecule has 0 bridgehead atoms. The number of anilines is 1. The van der Waals surface area contributed by atoms with Crippen LogP contribution in [0.4, 0.5) is 5.69 Å². The Morgan fingerprint density at radius 1 is 1.18 bits per heavy atom. The Balaban J connectivity index is 1.65. The number of aryl methyl sites for hydroxylation is 2. The van der Waals surface area contributed by atoms with Gasteiger partial charge in [0.05, 0.1) is 16.5 Å². The van der Waals surface area contributed by atoms with Crippen molar-refractivity contribution in [2.75, 3.05) is 11.1 Å². The average Bonchev–Trinajstić information content (AvgIpc) is 3.05. The van der Waals surface area contributed by atoms with Crippen molar-refractivity contribution in [1.82, 2.24) is 14.8 Å². The van der Waals surface area contributed by atoms with Gasteiger partial charge >= 0.3 is 0 Å². The zero-order valence-corrected chi connectivity index (χ0v) is 17.8. The monoisotopic (exact) mass is 414 g/mol. The van der Waals surface area contributed by atoms with Crippen LogP contribution in [-0.2, 0) is 17.8 Å². The van der Waals surface area contributed by atoms with E-state index in [4.69, 9.17) is 11.6 Å². The van der Waals surface area contributed by atoms with E-state index in [-0.39, 0.29) is 11.7 Å². The molecule has 5 nitrogen and oxygen atoms in total. The number of hydrogen-bond acceptors (Lipinski definition) is 4. The summed E-state index contributed by atoms with van der Waals surface area (Å²) in [7, 11) is 0. The molecule has 0 saturated heterocycles. The number of carbonyl (C=O) groups excluding carboxylic acids is 1. The Labute approximate surface area is 174 Å². The number of thioether (sulfide) groups is 1. The Kier molecular flexibility index (Phi) is 6.75. The lowest BCUT2D eigenvalue weighted by Gasteiger charge is -2.11. The minimum atomic E-state index is -0.117. The number of aromatic nitrogens is 3. The summed E-state index contributed by atoms with van der Waals surface area (Å²) < 4.78 is 2.05. The lowest BCUT2D eigenvalue weighted by Crippen LogP contribution is -2.16. The van der Waals surface area contributed by atoms with Crippen molar-refractivity contribution in [2.24, 2.45) is 0 Å². The molecule has 0 saturated carbocycles. The summed E-state index contributed by atoms with van der Waals surface area (Å²) in [4.78, 5) is 12.4. The van der Waals surface area contributed by atoms with E-state index in [0.29, 0.717) is 17.1 Å². The largest absolute Gasteiger partial charge is 0.324 e. The maximum atomic E-state index is 12.4. The predicted molar refractivity (Wildman–Crippen MR) is 115 cm³/mol. The molecule has 0 aliphatic carbocycles. The van der Waals surface area contributed by atoms with E-state index in [9.17, 15) is 4.79 Å². The van der Waals surface area contributed by atoms with Crippen LogP contribution in [0.3, 0.4) is 0 Å². The molecule has 0 radical (unpaired) electrons. The number of halogens is 1. The van der Waals surface area contributed by atoms with Crippen LogP contribution in [0.25, 0.3) is 0 Å². The van der Waals surface area contributed by atoms with Crippen LogP contribution < -0.4 is 5.32 Å². The highest BCUT2D eigenvalue weighted by Gasteiger charge is 2.15. The summed E-state index contributed by atoms with van der Waals surface area (Å²) >= 11 is 7.66. The number of benzene rings is 2. The van der Waals surface area contributed by atoms with Gasteiger partial charge in [0.1, 0.15) is 5.82 Å². The van der Waals surface area contributed by atoms with Crippen molar-refractivity contribution in [3.05, 3.63) is 70.0 Å². The Bertz CT molecular complexity index is 949. The van der Waals surface area contributed by atoms with Gasteiger partial charge in [-0.05, 0) is 43.5 Å².